The van der Waals surface area contributed by atoms with E-state index in [1.807, 2.05) is 31.2 Å². The van der Waals surface area contributed by atoms with Crippen molar-refractivity contribution in [2.45, 2.75) is 25.0 Å². The molecule has 26 heavy (non-hydrogen) atoms. The number of thioether (sulfide) groups is 1. The highest BCUT2D eigenvalue weighted by molar-refractivity contribution is 7.99. The largest absolute Gasteiger partial charge is 0.336 e. The van der Waals surface area contributed by atoms with Crippen LogP contribution in [0.3, 0.4) is 0 Å². The molecule has 0 aliphatic heterocycles. The van der Waals surface area contributed by atoms with E-state index in [2.05, 4.69) is 15.2 Å². The van der Waals surface area contributed by atoms with Crippen LogP contribution in [0.25, 0.3) is 10.2 Å². The van der Waals surface area contributed by atoms with Crippen LogP contribution in [-0.2, 0) is 4.79 Å². The van der Waals surface area contributed by atoms with Gasteiger partial charge in [0.15, 0.2) is 0 Å². The molecule has 0 saturated heterocycles. The molecule has 3 aromatic rings. The number of aryl methyl sites for hydroxylation is 1. The quantitative estimate of drug-likeness (QED) is 0.520. The van der Waals surface area contributed by atoms with Crippen molar-refractivity contribution in [1.82, 2.24) is 24.8 Å². The number of amides is 1. The zero-order valence-electron chi connectivity index (χ0n) is 14.5. The summed E-state index contributed by atoms with van der Waals surface area (Å²) >= 11 is 2.65. The van der Waals surface area contributed by atoms with Gasteiger partial charge in [0.25, 0.3) is 5.56 Å². The number of thiazole rings is 1. The highest BCUT2D eigenvalue weighted by Crippen LogP contribution is 2.29. The Kier molecular flexibility index (Phi) is 5.23. The molecule has 136 valence electrons. The number of nitrogens with zero attached hydrogens (tertiary/aromatic N) is 5. The summed E-state index contributed by atoms with van der Waals surface area (Å²) in [5, 5.41) is 8.70. The molecule has 10 heteroatoms. The summed E-state index contributed by atoms with van der Waals surface area (Å²) in [4.78, 5) is 30.5. The second kappa shape index (κ2) is 7.42. The fourth-order valence-electron chi connectivity index (χ4n) is 2.25. The Hall–Kier alpha value is -2.46. The molecule has 0 spiro atoms. The number of hydrogen-bond acceptors (Lipinski definition) is 8. The minimum atomic E-state index is -0.425. The first-order valence-electron chi connectivity index (χ1n) is 7.84. The Morgan fingerprint density at radius 2 is 2.12 bits per heavy atom. The Balaban J connectivity index is 1.69. The number of benzene rings is 1. The maximum Gasteiger partial charge on any atom is 0.294 e. The predicted octanol–water partition coefficient (Wildman–Crippen LogP) is 1.58. The van der Waals surface area contributed by atoms with E-state index < -0.39 is 5.56 Å². The first-order chi connectivity index (χ1) is 12.4. The number of aromatic nitrogens is 4. The second-order valence-corrected chi connectivity index (χ2v) is 7.74. The van der Waals surface area contributed by atoms with Crippen molar-refractivity contribution in [3.8, 4) is 0 Å². The third-order valence-corrected chi connectivity index (χ3v) is 6.12. The van der Waals surface area contributed by atoms with E-state index in [0.29, 0.717) is 0 Å². The molecule has 0 bridgehead atoms. The minimum absolute atomic E-state index is 0.0973. The number of hydrogen-bond donors (Lipinski definition) is 1. The third-order valence-electron chi connectivity index (χ3n) is 3.99. The summed E-state index contributed by atoms with van der Waals surface area (Å²) in [6.45, 7) is 3.47. The van der Waals surface area contributed by atoms with E-state index in [0.717, 1.165) is 31.7 Å². The van der Waals surface area contributed by atoms with Crippen LogP contribution < -0.4 is 11.4 Å². The van der Waals surface area contributed by atoms with Gasteiger partial charge in [-0.1, -0.05) is 23.9 Å². The zero-order chi connectivity index (χ0) is 18.8. The van der Waals surface area contributed by atoms with Crippen LogP contribution in [0.15, 0.2) is 34.2 Å². The van der Waals surface area contributed by atoms with Crippen LogP contribution in [-0.4, -0.2) is 43.5 Å². The Bertz CT molecular complexity index is 982. The first-order valence-corrected chi connectivity index (χ1v) is 9.64. The van der Waals surface area contributed by atoms with E-state index in [-0.39, 0.29) is 28.6 Å². The molecule has 1 amide bonds. The minimum Gasteiger partial charge on any atom is -0.336 e. The van der Waals surface area contributed by atoms with E-state index in [1.165, 1.54) is 6.92 Å². The van der Waals surface area contributed by atoms with Gasteiger partial charge in [0.1, 0.15) is 10.7 Å². The van der Waals surface area contributed by atoms with Crippen molar-refractivity contribution < 1.29 is 4.79 Å². The fraction of sp³-hybridized carbons (Fsp3) is 0.312. The van der Waals surface area contributed by atoms with Gasteiger partial charge in [0, 0.05) is 7.05 Å². The Morgan fingerprint density at radius 3 is 2.85 bits per heavy atom. The lowest BCUT2D eigenvalue weighted by molar-refractivity contribution is -0.128. The summed E-state index contributed by atoms with van der Waals surface area (Å²) in [5.74, 6) is 5.67. The first kappa shape index (κ1) is 18.3. The van der Waals surface area contributed by atoms with Crippen molar-refractivity contribution in [2.24, 2.45) is 0 Å². The lowest BCUT2D eigenvalue weighted by atomic mass is 10.3. The van der Waals surface area contributed by atoms with Crippen LogP contribution in [0.5, 0.6) is 0 Å². The Labute approximate surface area is 158 Å². The number of carbonyl (C=O) groups is 1. The maximum atomic E-state index is 12.5. The second-order valence-electron chi connectivity index (χ2n) is 5.73. The topological polar surface area (TPSA) is 107 Å². The molecule has 0 unspecified atom stereocenters. The summed E-state index contributed by atoms with van der Waals surface area (Å²) < 4.78 is 2.00. The van der Waals surface area contributed by atoms with Crippen LogP contribution >= 0.6 is 23.1 Å². The van der Waals surface area contributed by atoms with Gasteiger partial charge in [-0.2, -0.15) is 4.68 Å². The van der Waals surface area contributed by atoms with Crippen LogP contribution in [0.1, 0.15) is 23.7 Å². The number of fused-ring (bicyclic) bond motifs is 1. The summed E-state index contributed by atoms with van der Waals surface area (Å²) in [5.41, 5.74) is 0.715. The van der Waals surface area contributed by atoms with Crippen molar-refractivity contribution in [2.75, 3.05) is 18.6 Å². The number of nitrogen functional groups attached to an aromatic ring is 1. The molecule has 2 N–H and O–H groups in total. The number of carbonyl (C=O) groups excluding carboxylic acids is 1. The standard InChI is InChI=1S/C16H18N6O2S2/c1-9-15(24)22(17)16(20-19-9)25-8-13(23)21(3)10(2)14-18-11-6-4-5-7-12(11)26-14/h4-7,10H,8,17H2,1-3H3/t10-/m1/s1. The van der Waals surface area contributed by atoms with Gasteiger partial charge >= 0.3 is 0 Å². The third kappa shape index (κ3) is 3.56. The summed E-state index contributed by atoms with van der Waals surface area (Å²) in [7, 11) is 1.73. The highest BCUT2D eigenvalue weighted by Gasteiger charge is 2.21. The SMILES string of the molecule is Cc1nnc(SCC(=O)N(C)[C@H](C)c2nc3ccccc3s2)n(N)c1=O. The normalized spacial score (nSPS) is 12.3. The van der Waals surface area contributed by atoms with Crippen molar-refractivity contribution in [3.05, 3.63) is 45.3 Å². The van der Waals surface area contributed by atoms with Gasteiger partial charge in [-0.3, -0.25) is 9.59 Å². The van der Waals surface area contributed by atoms with Crippen LogP contribution in [0.4, 0.5) is 0 Å². The summed E-state index contributed by atoms with van der Waals surface area (Å²) in [6, 6.07) is 7.71. The molecular weight excluding hydrogens is 372 g/mol. The van der Waals surface area contributed by atoms with Crippen LogP contribution in [0.2, 0.25) is 0 Å². The van der Waals surface area contributed by atoms with Gasteiger partial charge in [0.05, 0.1) is 22.0 Å². The molecular formula is C16H18N6O2S2. The van der Waals surface area contributed by atoms with Gasteiger partial charge in [-0.05, 0) is 26.0 Å². The number of para-hydroxylation sites is 1. The molecule has 0 radical (unpaired) electrons. The zero-order valence-corrected chi connectivity index (χ0v) is 16.2. The fourth-order valence-corrected chi connectivity index (χ4v) is 4.09. The van der Waals surface area contributed by atoms with Gasteiger partial charge in [-0.15, -0.1) is 21.5 Å². The average molecular weight is 390 g/mol. The lowest BCUT2D eigenvalue weighted by Gasteiger charge is -2.23. The van der Waals surface area contributed by atoms with Gasteiger partial charge in [-0.25, -0.2) is 4.98 Å². The van der Waals surface area contributed by atoms with Gasteiger partial charge < -0.3 is 10.7 Å². The molecule has 8 nitrogen and oxygen atoms in total. The van der Waals surface area contributed by atoms with Crippen molar-refractivity contribution in [1.29, 1.82) is 0 Å². The lowest BCUT2D eigenvalue weighted by Crippen LogP contribution is -2.34. The van der Waals surface area contributed by atoms with E-state index >= 15 is 0 Å². The van der Waals surface area contributed by atoms with Crippen LogP contribution in [0, 0.1) is 6.92 Å². The molecule has 0 aliphatic rings. The number of nitrogens with two attached hydrogens (primary N) is 1. The molecule has 2 heterocycles. The highest BCUT2D eigenvalue weighted by atomic mass is 32.2. The molecule has 0 fully saturated rings. The van der Waals surface area contributed by atoms with Gasteiger partial charge in [0.2, 0.25) is 11.1 Å². The average Bonchev–Trinajstić information content (AvgIpc) is 3.08. The Morgan fingerprint density at radius 1 is 1.38 bits per heavy atom. The molecule has 0 aliphatic carbocycles. The molecule has 1 atom stereocenters. The van der Waals surface area contributed by atoms with E-state index in [4.69, 9.17) is 5.84 Å². The van der Waals surface area contributed by atoms with Crippen molar-refractivity contribution in [3.63, 3.8) is 0 Å². The van der Waals surface area contributed by atoms with E-state index in [1.54, 1.807) is 23.3 Å². The summed E-state index contributed by atoms with van der Waals surface area (Å²) in [6.07, 6.45) is 0. The molecule has 3 rings (SSSR count). The number of rotatable bonds is 5. The van der Waals surface area contributed by atoms with Crippen molar-refractivity contribution >= 4 is 39.2 Å². The molecule has 1 aromatic carbocycles. The van der Waals surface area contributed by atoms with E-state index in [9.17, 15) is 9.59 Å². The smallest absolute Gasteiger partial charge is 0.294 e. The maximum absolute atomic E-state index is 12.5. The molecule has 2 aromatic heterocycles. The monoisotopic (exact) mass is 390 g/mol. The predicted molar refractivity (Wildman–Crippen MR) is 103 cm³/mol. The molecule has 0 saturated carbocycles.